The van der Waals surface area contributed by atoms with Crippen LogP contribution in [0.15, 0.2) is 84.9 Å². The number of anilines is 1. The first kappa shape index (κ1) is 23.4. The van der Waals surface area contributed by atoms with Crippen LogP contribution < -0.4 is 9.64 Å². The lowest BCUT2D eigenvalue weighted by Crippen LogP contribution is -2.49. The van der Waals surface area contributed by atoms with Crippen molar-refractivity contribution in [3.63, 3.8) is 0 Å². The van der Waals surface area contributed by atoms with Crippen molar-refractivity contribution in [1.82, 2.24) is 4.90 Å². The predicted octanol–water partition coefficient (Wildman–Crippen LogP) is 4.42. The lowest BCUT2D eigenvalue weighted by molar-refractivity contribution is -0.165. The third kappa shape index (κ3) is 4.64. The highest BCUT2D eigenvalue weighted by Gasteiger charge is 2.64. The zero-order valence-corrected chi connectivity index (χ0v) is 20.3. The van der Waals surface area contributed by atoms with Crippen molar-refractivity contribution >= 4 is 11.7 Å². The Bertz CT molecular complexity index is 1110. The Hall–Kier alpha value is -3.35. The van der Waals surface area contributed by atoms with Gasteiger partial charge in [0.1, 0.15) is 11.2 Å². The average molecular weight is 473 g/mol. The molecule has 0 spiro atoms. The molecule has 1 saturated carbocycles. The lowest BCUT2D eigenvalue weighted by atomic mass is 9.95. The molecule has 1 saturated heterocycles. The van der Waals surface area contributed by atoms with E-state index in [0.717, 1.165) is 43.1 Å². The molecule has 0 radical (unpaired) electrons. The van der Waals surface area contributed by atoms with E-state index in [1.807, 2.05) is 60.7 Å². The molecule has 5 rings (SSSR count). The number of carbonyl (C=O) groups is 1. The highest BCUT2D eigenvalue weighted by atomic mass is 16.6. The number of nitrogens with zero attached hydrogens (tertiary/aromatic N) is 2. The standard InChI is InChI=1S/C29H32N2O4/c1-33-25-15-13-23(14-16-25)29(21-26(29)34-2)28(32)35-27(22-9-5-3-6-10-22)31-19-17-30(18-20-31)24-11-7-4-8-12-24/h3-16,26-27H,17-21H2,1-2H3/t26-,27?,29-/m0/s1. The number of ether oxygens (including phenoxy) is 3. The summed E-state index contributed by atoms with van der Waals surface area (Å²) in [5, 5.41) is 0. The molecule has 6 heteroatoms. The van der Waals surface area contributed by atoms with E-state index in [2.05, 4.69) is 34.1 Å². The van der Waals surface area contributed by atoms with Gasteiger partial charge in [0.05, 0.1) is 13.2 Å². The second kappa shape index (κ2) is 10.1. The first-order chi connectivity index (χ1) is 17.2. The van der Waals surface area contributed by atoms with Gasteiger partial charge in [0, 0.05) is 44.5 Å². The molecular weight excluding hydrogens is 440 g/mol. The van der Waals surface area contributed by atoms with Crippen LogP contribution in [0.4, 0.5) is 5.69 Å². The number of benzene rings is 3. The minimum absolute atomic E-state index is 0.199. The molecule has 3 aromatic rings. The van der Waals surface area contributed by atoms with Crippen LogP contribution in [0.1, 0.15) is 23.8 Å². The van der Waals surface area contributed by atoms with E-state index in [0.29, 0.717) is 6.42 Å². The van der Waals surface area contributed by atoms with Crippen LogP contribution in [0.5, 0.6) is 5.75 Å². The molecule has 1 unspecified atom stereocenters. The van der Waals surface area contributed by atoms with Crippen LogP contribution in [0, 0.1) is 0 Å². The molecule has 1 heterocycles. The number of rotatable bonds is 8. The van der Waals surface area contributed by atoms with E-state index in [4.69, 9.17) is 14.2 Å². The molecule has 3 aromatic carbocycles. The minimum Gasteiger partial charge on any atom is -0.497 e. The maximum Gasteiger partial charge on any atom is 0.321 e. The van der Waals surface area contributed by atoms with Crippen LogP contribution in [-0.4, -0.2) is 57.4 Å². The normalized spacial score (nSPS) is 22.9. The fourth-order valence-corrected chi connectivity index (χ4v) is 5.07. The number of methoxy groups -OCH3 is 2. The summed E-state index contributed by atoms with van der Waals surface area (Å²) in [6.07, 6.45) is -0.0394. The van der Waals surface area contributed by atoms with E-state index in [9.17, 15) is 4.79 Å². The third-order valence-electron chi connectivity index (χ3n) is 7.22. The zero-order chi connectivity index (χ0) is 24.3. The van der Waals surface area contributed by atoms with E-state index in [1.54, 1.807) is 14.2 Å². The predicted molar refractivity (Wildman–Crippen MR) is 136 cm³/mol. The molecule has 0 amide bonds. The van der Waals surface area contributed by atoms with Gasteiger partial charge in [0.15, 0.2) is 6.23 Å². The Morgan fingerprint density at radius 2 is 1.49 bits per heavy atom. The number of hydrogen-bond acceptors (Lipinski definition) is 6. The zero-order valence-electron chi connectivity index (χ0n) is 20.3. The smallest absolute Gasteiger partial charge is 0.321 e. The monoisotopic (exact) mass is 472 g/mol. The Labute approximate surface area is 207 Å². The van der Waals surface area contributed by atoms with Crippen LogP contribution in [0.25, 0.3) is 0 Å². The Kier molecular flexibility index (Phi) is 6.75. The van der Waals surface area contributed by atoms with Crippen LogP contribution >= 0.6 is 0 Å². The van der Waals surface area contributed by atoms with Crippen molar-refractivity contribution in [3.8, 4) is 5.75 Å². The average Bonchev–Trinajstić information content (AvgIpc) is 3.69. The van der Waals surface area contributed by atoms with Gasteiger partial charge in [-0.25, -0.2) is 0 Å². The second-order valence-electron chi connectivity index (χ2n) is 9.16. The number of carbonyl (C=O) groups excluding carboxylic acids is 1. The molecule has 2 fully saturated rings. The van der Waals surface area contributed by atoms with E-state index in [1.165, 1.54) is 5.69 Å². The molecule has 2 aliphatic rings. The molecule has 3 atom stereocenters. The van der Waals surface area contributed by atoms with E-state index < -0.39 is 11.6 Å². The van der Waals surface area contributed by atoms with Crippen molar-refractivity contribution in [1.29, 1.82) is 0 Å². The molecule has 0 aromatic heterocycles. The SMILES string of the molecule is COc1ccc([C@@]2(C(=O)OC(c3ccccc3)N3CCN(c4ccccc4)CC3)C[C@@H]2OC)cc1. The number of esters is 1. The maximum absolute atomic E-state index is 13.8. The Balaban J connectivity index is 1.36. The van der Waals surface area contributed by atoms with Gasteiger partial charge in [0.2, 0.25) is 0 Å². The molecule has 182 valence electrons. The topological polar surface area (TPSA) is 51.2 Å². The van der Waals surface area contributed by atoms with Gasteiger partial charge in [-0.3, -0.25) is 9.69 Å². The van der Waals surface area contributed by atoms with Crippen molar-refractivity contribution in [3.05, 3.63) is 96.1 Å². The molecule has 0 N–H and O–H groups in total. The van der Waals surface area contributed by atoms with Crippen molar-refractivity contribution < 1.29 is 19.0 Å². The van der Waals surface area contributed by atoms with Gasteiger partial charge >= 0.3 is 5.97 Å². The van der Waals surface area contributed by atoms with Crippen LogP contribution in [0.2, 0.25) is 0 Å². The molecular formula is C29H32N2O4. The first-order valence-corrected chi connectivity index (χ1v) is 12.1. The first-order valence-electron chi connectivity index (χ1n) is 12.1. The molecule has 35 heavy (non-hydrogen) atoms. The molecule has 1 aliphatic heterocycles. The van der Waals surface area contributed by atoms with Crippen LogP contribution in [0.3, 0.4) is 0 Å². The molecule has 6 nitrogen and oxygen atoms in total. The highest BCUT2D eigenvalue weighted by molar-refractivity contribution is 5.88. The van der Waals surface area contributed by atoms with Crippen molar-refractivity contribution in [2.45, 2.75) is 24.2 Å². The summed E-state index contributed by atoms with van der Waals surface area (Å²) in [5.41, 5.74) is 2.31. The Morgan fingerprint density at radius 3 is 2.06 bits per heavy atom. The summed E-state index contributed by atoms with van der Waals surface area (Å²) < 4.78 is 17.3. The summed E-state index contributed by atoms with van der Waals surface area (Å²) in [6, 6.07) is 28.1. The van der Waals surface area contributed by atoms with Crippen LogP contribution in [-0.2, 0) is 19.7 Å². The lowest BCUT2D eigenvalue weighted by Gasteiger charge is -2.40. The van der Waals surface area contributed by atoms with Gasteiger partial charge in [-0.05, 0) is 36.2 Å². The second-order valence-corrected chi connectivity index (χ2v) is 9.16. The number of piperazine rings is 1. The summed E-state index contributed by atoms with van der Waals surface area (Å²) in [6.45, 7) is 3.33. The highest BCUT2D eigenvalue weighted by Crippen LogP contribution is 2.52. The largest absolute Gasteiger partial charge is 0.497 e. The fourth-order valence-electron chi connectivity index (χ4n) is 5.07. The quantitative estimate of drug-likeness (QED) is 0.453. The minimum atomic E-state index is -0.792. The summed E-state index contributed by atoms with van der Waals surface area (Å²) in [5.74, 6) is 0.513. The van der Waals surface area contributed by atoms with Gasteiger partial charge in [-0.2, -0.15) is 0 Å². The summed E-state index contributed by atoms with van der Waals surface area (Å²) >= 11 is 0. The number of para-hydroxylation sites is 1. The van der Waals surface area contributed by atoms with Crippen molar-refractivity contribution in [2.24, 2.45) is 0 Å². The van der Waals surface area contributed by atoms with Gasteiger partial charge in [-0.15, -0.1) is 0 Å². The molecule has 1 aliphatic carbocycles. The van der Waals surface area contributed by atoms with Gasteiger partial charge in [0.25, 0.3) is 0 Å². The van der Waals surface area contributed by atoms with E-state index >= 15 is 0 Å². The van der Waals surface area contributed by atoms with Gasteiger partial charge in [-0.1, -0.05) is 60.7 Å². The van der Waals surface area contributed by atoms with E-state index in [-0.39, 0.29) is 12.1 Å². The summed E-state index contributed by atoms with van der Waals surface area (Å²) in [7, 11) is 3.29. The number of hydrogen-bond donors (Lipinski definition) is 0. The summed E-state index contributed by atoms with van der Waals surface area (Å²) in [4.78, 5) is 18.4. The maximum atomic E-state index is 13.8. The molecule has 0 bridgehead atoms. The third-order valence-corrected chi connectivity index (χ3v) is 7.22. The van der Waals surface area contributed by atoms with Gasteiger partial charge < -0.3 is 19.1 Å². The fraction of sp³-hybridized carbons (Fsp3) is 0.345. The van der Waals surface area contributed by atoms with Crippen molar-refractivity contribution in [2.75, 3.05) is 45.3 Å². The Morgan fingerprint density at radius 1 is 0.857 bits per heavy atom.